The van der Waals surface area contributed by atoms with E-state index in [1.54, 1.807) is 0 Å². The Morgan fingerprint density at radius 3 is 2.44 bits per heavy atom. The van der Waals surface area contributed by atoms with Gasteiger partial charge in [0.25, 0.3) is 0 Å². The van der Waals surface area contributed by atoms with Crippen LogP contribution in [0.25, 0.3) is 0 Å². The van der Waals surface area contributed by atoms with Crippen molar-refractivity contribution >= 4 is 0 Å². The van der Waals surface area contributed by atoms with Gasteiger partial charge in [-0.2, -0.15) is 5.10 Å². The highest BCUT2D eigenvalue weighted by atomic mass is 15.2. The first-order chi connectivity index (χ1) is 4.20. The third kappa shape index (κ3) is 1.31. The van der Waals surface area contributed by atoms with Crippen LogP contribution in [0.3, 0.4) is 0 Å². The van der Waals surface area contributed by atoms with Gasteiger partial charge in [-0.1, -0.05) is 13.8 Å². The number of rotatable bonds is 1. The maximum Gasteiger partial charge on any atom is 0.195 e. The normalized spacial score (nSPS) is 10.7. The van der Waals surface area contributed by atoms with Gasteiger partial charge in [-0.05, 0) is 5.92 Å². The number of nitrogens with one attached hydrogen (secondary N) is 1. The smallest absolute Gasteiger partial charge is 0.170 e. The van der Waals surface area contributed by atoms with Crippen molar-refractivity contribution in [1.29, 1.82) is 0 Å². The number of hydrogen-bond donors (Lipinski definition) is 1. The minimum Gasteiger partial charge on any atom is -0.170 e. The quantitative estimate of drug-likeness (QED) is 0.539. The molecule has 0 amide bonds. The summed E-state index contributed by atoms with van der Waals surface area (Å²) in [6.45, 7) is 4.34. The molecule has 1 aromatic rings. The zero-order chi connectivity index (χ0) is 6.85. The molecule has 0 aliphatic rings. The van der Waals surface area contributed by atoms with Gasteiger partial charge in [-0.25, -0.2) is 0 Å². The maximum atomic E-state index is 3.19. The van der Waals surface area contributed by atoms with Crippen LogP contribution >= 0.6 is 0 Å². The van der Waals surface area contributed by atoms with Crippen molar-refractivity contribution in [2.24, 2.45) is 7.05 Å². The van der Waals surface area contributed by atoms with Gasteiger partial charge in [-0.15, -0.1) is 4.68 Å². The van der Waals surface area contributed by atoms with Crippen LogP contribution in [-0.4, -0.2) is 5.10 Å². The van der Waals surface area contributed by atoms with E-state index < -0.39 is 0 Å². The molecule has 1 heterocycles. The van der Waals surface area contributed by atoms with Crippen LogP contribution in [0.4, 0.5) is 0 Å². The summed E-state index contributed by atoms with van der Waals surface area (Å²) in [7, 11) is 1.99. The molecule has 0 spiro atoms. The minimum absolute atomic E-state index is 0.603. The van der Waals surface area contributed by atoms with Gasteiger partial charge >= 0.3 is 0 Å². The first-order valence-electron chi connectivity index (χ1n) is 3.24. The average Bonchev–Trinajstić information content (AvgIpc) is 2.14. The molecule has 0 saturated carbocycles. The molecule has 50 valence electrons. The molecule has 2 nitrogen and oxygen atoms in total. The Morgan fingerprint density at radius 1 is 1.56 bits per heavy atom. The second-order valence-electron chi connectivity index (χ2n) is 2.65. The fourth-order valence-electron chi connectivity index (χ4n) is 0.792. The van der Waals surface area contributed by atoms with E-state index in [-0.39, 0.29) is 0 Å². The van der Waals surface area contributed by atoms with Crippen molar-refractivity contribution in [3.8, 4) is 0 Å². The van der Waals surface area contributed by atoms with Crippen LogP contribution in [0.15, 0.2) is 12.3 Å². The highest BCUT2D eigenvalue weighted by Gasteiger charge is 2.03. The van der Waals surface area contributed by atoms with E-state index in [1.807, 2.05) is 17.9 Å². The fourth-order valence-corrected chi connectivity index (χ4v) is 0.792. The minimum atomic E-state index is 0.603. The van der Waals surface area contributed by atoms with E-state index in [1.165, 1.54) is 5.69 Å². The van der Waals surface area contributed by atoms with Crippen molar-refractivity contribution in [2.75, 3.05) is 0 Å². The SMILES string of the molecule is CC(C)c1cc[n+](C)[nH]1. The van der Waals surface area contributed by atoms with E-state index in [0.29, 0.717) is 5.92 Å². The summed E-state index contributed by atoms with van der Waals surface area (Å²) >= 11 is 0. The third-order valence-corrected chi connectivity index (χ3v) is 1.41. The molecule has 0 bridgehead atoms. The first kappa shape index (κ1) is 6.33. The third-order valence-electron chi connectivity index (χ3n) is 1.41. The standard InChI is InChI=1S/C7H12N2/c1-6(2)7-4-5-9(3)8-7/h4-6H,1-3H3/p+1. The Hall–Kier alpha value is -0.790. The van der Waals surface area contributed by atoms with E-state index in [2.05, 4.69) is 25.0 Å². The Balaban J connectivity index is 2.85. The Kier molecular flexibility index (Phi) is 1.56. The summed E-state index contributed by atoms with van der Waals surface area (Å²) in [5.74, 6) is 0.603. The average molecular weight is 125 g/mol. The van der Waals surface area contributed by atoms with Crippen molar-refractivity contribution in [1.82, 2.24) is 5.10 Å². The van der Waals surface area contributed by atoms with Gasteiger partial charge in [0.1, 0.15) is 0 Å². The molecular formula is C7H13N2+. The lowest BCUT2D eigenvalue weighted by atomic mass is 10.1. The lowest BCUT2D eigenvalue weighted by molar-refractivity contribution is -0.727. The largest absolute Gasteiger partial charge is 0.195 e. The van der Waals surface area contributed by atoms with Crippen LogP contribution in [-0.2, 0) is 7.05 Å². The Bertz CT molecular complexity index is 189. The molecule has 0 atom stereocenters. The molecule has 0 unspecified atom stereocenters. The van der Waals surface area contributed by atoms with Gasteiger partial charge in [0.15, 0.2) is 13.2 Å². The van der Waals surface area contributed by atoms with Gasteiger partial charge in [0.2, 0.25) is 0 Å². The Labute approximate surface area is 55.5 Å². The highest BCUT2D eigenvalue weighted by molar-refractivity contribution is 4.99. The van der Waals surface area contributed by atoms with Crippen molar-refractivity contribution < 1.29 is 4.68 Å². The lowest BCUT2D eigenvalue weighted by Gasteiger charge is -1.93. The number of aryl methyl sites for hydroxylation is 1. The van der Waals surface area contributed by atoms with Crippen molar-refractivity contribution in [2.45, 2.75) is 19.8 Å². The van der Waals surface area contributed by atoms with Gasteiger partial charge in [0.05, 0.1) is 5.69 Å². The molecule has 0 aromatic carbocycles. The van der Waals surface area contributed by atoms with Crippen LogP contribution in [0.2, 0.25) is 0 Å². The van der Waals surface area contributed by atoms with Crippen LogP contribution < -0.4 is 4.68 Å². The van der Waals surface area contributed by atoms with E-state index in [0.717, 1.165) is 0 Å². The van der Waals surface area contributed by atoms with E-state index in [9.17, 15) is 0 Å². The topological polar surface area (TPSA) is 19.7 Å². The van der Waals surface area contributed by atoms with Crippen LogP contribution in [0, 0.1) is 0 Å². The van der Waals surface area contributed by atoms with E-state index in [4.69, 9.17) is 0 Å². The summed E-state index contributed by atoms with van der Waals surface area (Å²) in [4.78, 5) is 0. The summed E-state index contributed by atoms with van der Waals surface area (Å²) in [6.07, 6.45) is 2.02. The maximum absolute atomic E-state index is 3.19. The molecule has 9 heavy (non-hydrogen) atoms. The van der Waals surface area contributed by atoms with Crippen LogP contribution in [0.5, 0.6) is 0 Å². The first-order valence-corrected chi connectivity index (χ1v) is 3.24. The molecule has 1 rings (SSSR count). The molecule has 1 aromatic heterocycles. The predicted molar refractivity (Wildman–Crippen MR) is 36.1 cm³/mol. The molecule has 2 heteroatoms. The van der Waals surface area contributed by atoms with Gasteiger partial charge < -0.3 is 0 Å². The monoisotopic (exact) mass is 125 g/mol. The van der Waals surface area contributed by atoms with Crippen molar-refractivity contribution in [3.63, 3.8) is 0 Å². The number of aromatic amines is 1. The lowest BCUT2D eigenvalue weighted by Crippen LogP contribution is -2.28. The zero-order valence-electron chi connectivity index (χ0n) is 6.18. The number of hydrogen-bond acceptors (Lipinski definition) is 0. The fraction of sp³-hybridized carbons (Fsp3) is 0.571. The number of nitrogens with zero attached hydrogens (tertiary/aromatic N) is 1. The van der Waals surface area contributed by atoms with Crippen LogP contribution in [0.1, 0.15) is 25.5 Å². The van der Waals surface area contributed by atoms with Crippen molar-refractivity contribution in [3.05, 3.63) is 18.0 Å². The number of aromatic nitrogens is 2. The van der Waals surface area contributed by atoms with Gasteiger partial charge in [-0.3, -0.25) is 0 Å². The number of H-pyrrole nitrogens is 1. The molecule has 0 aliphatic heterocycles. The summed E-state index contributed by atoms with van der Waals surface area (Å²) in [6, 6.07) is 2.10. The molecule has 0 aliphatic carbocycles. The molecular weight excluding hydrogens is 112 g/mol. The molecule has 0 radical (unpaired) electrons. The highest BCUT2D eigenvalue weighted by Crippen LogP contribution is 2.07. The second kappa shape index (κ2) is 2.21. The predicted octanol–water partition coefficient (Wildman–Crippen LogP) is 0.963. The summed E-state index contributed by atoms with van der Waals surface area (Å²) < 4.78 is 1.95. The summed E-state index contributed by atoms with van der Waals surface area (Å²) in [5.41, 5.74) is 1.29. The molecule has 1 N–H and O–H groups in total. The van der Waals surface area contributed by atoms with Gasteiger partial charge in [0, 0.05) is 6.07 Å². The Morgan fingerprint density at radius 2 is 2.22 bits per heavy atom. The zero-order valence-corrected chi connectivity index (χ0v) is 6.18. The molecule has 0 fully saturated rings. The molecule has 0 saturated heterocycles. The van der Waals surface area contributed by atoms with E-state index >= 15 is 0 Å². The second-order valence-corrected chi connectivity index (χ2v) is 2.65. The summed E-state index contributed by atoms with van der Waals surface area (Å²) in [5, 5.41) is 3.19.